The number of aromatic nitrogens is 1. The van der Waals surface area contributed by atoms with Crippen LogP contribution >= 0.6 is 11.3 Å². The van der Waals surface area contributed by atoms with Gasteiger partial charge in [0.2, 0.25) is 0 Å². The molecule has 0 atom stereocenters. The largest absolute Gasteiger partial charge is 0.487 e. The molecule has 2 heterocycles. The van der Waals surface area contributed by atoms with Gasteiger partial charge in [0, 0.05) is 35.5 Å². The Labute approximate surface area is 234 Å². The lowest BCUT2D eigenvalue weighted by molar-refractivity contribution is -0.138. The smallest absolute Gasteiger partial charge is 0.416 e. The number of carboxylic acids is 1. The molecule has 2 aromatic carbocycles. The number of carbonyl (C=O) groups excluding carboxylic acids is 1. The average Bonchev–Trinajstić information content (AvgIpc) is 3.25. The summed E-state index contributed by atoms with van der Waals surface area (Å²) < 4.78 is 50.5. The fourth-order valence-corrected chi connectivity index (χ4v) is 5.36. The third kappa shape index (κ3) is 7.12. The zero-order chi connectivity index (χ0) is 29.2. The lowest BCUT2D eigenvalue weighted by Gasteiger charge is -2.33. The molecule has 4 rings (SSSR count). The van der Waals surface area contributed by atoms with E-state index < -0.39 is 29.4 Å². The summed E-state index contributed by atoms with van der Waals surface area (Å²) in [5.41, 5.74) is 2.53. The van der Waals surface area contributed by atoms with E-state index >= 15 is 0 Å². The number of halogens is 3. The SMILES string of the molecule is Cc1sc(-c2ccc(C(F)(F)F)cc2)nc1COc1ccc(CCC(=O)O)c2c1CCN(C(=O)OC(C)(C)C)C2. The highest BCUT2D eigenvalue weighted by molar-refractivity contribution is 7.15. The van der Waals surface area contributed by atoms with Crippen molar-refractivity contribution >= 4 is 23.4 Å². The summed E-state index contributed by atoms with van der Waals surface area (Å²) in [4.78, 5) is 31.1. The van der Waals surface area contributed by atoms with Crippen LogP contribution in [0.15, 0.2) is 36.4 Å². The number of amides is 1. The molecule has 0 radical (unpaired) electrons. The van der Waals surface area contributed by atoms with Crippen LogP contribution in [0.3, 0.4) is 0 Å². The molecule has 1 N–H and O–H groups in total. The van der Waals surface area contributed by atoms with Gasteiger partial charge in [0.1, 0.15) is 23.0 Å². The molecule has 0 fully saturated rings. The Morgan fingerprint density at radius 3 is 2.40 bits per heavy atom. The van der Waals surface area contributed by atoms with Crippen LogP contribution in [0.1, 0.15) is 60.0 Å². The van der Waals surface area contributed by atoms with E-state index in [1.807, 2.05) is 19.1 Å². The number of carboxylic acid groups (broad SMARTS) is 1. The number of thiazole rings is 1. The van der Waals surface area contributed by atoms with Crippen LogP contribution in [0.2, 0.25) is 0 Å². The van der Waals surface area contributed by atoms with Crippen LogP contribution in [0.4, 0.5) is 18.0 Å². The number of carbonyl (C=O) groups is 2. The Morgan fingerprint density at radius 1 is 1.07 bits per heavy atom. The number of aliphatic carboxylic acids is 1. The molecule has 0 bridgehead atoms. The topological polar surface area (TPSA) is 89.0 Å². The van der Waals surface area contributed by atoms with Crippen molar-refractivity contribution in [2.45, 2.75) is 71.9 Å². The Balaban J connectivity index is 1.54. The standard InChI is InChI=1S/C29H31F3N2O5S/c1-17-23(33-26(40-17)19-5-9-20(10-6-19)29(30,31)32)16-38-24-11-7-18(8-12-25(35)36)22-15-34(14-13-21(22)24)27(37)39-28(2,3)4/h5-7,9-11H,8,12-16H2,1-4H3,(H,35,36). The monoisotopic (exact) mass is 576 g/mol. The van der Waals surface area contributed by atoms with Gasteiger partial charge in [-0.2, -0.15) is 13.2 Å². The van der Waals surface area contributed by atoms with E-state index in [0.29, 0.717) is 41.4 Å². The first-order valence-electron chi connectivity index (χ1n) is 12.8. The Bertz CT molecular complexity index is 1390. The number of aryl methyl sites for hydroxylation is 2. The number of ether oxygens (including phenoxy) is 2. The van der Waals surface area contributed by atoms with Crippen molar-refractivity contribution in [1.29, 1.82) is 0 Å². The lowest BCUT2D eigenvalue weighted by Crippen LogP contribution is -2.40. The normalized spacial score (nSPS) is 13.6. The molecule has 3 aromatic rings. The average molecular weight is 577 g/mol. The summed E-state index contributed by atoms with van der Waals surface area (Å²) in [7, 11) is 0. The first-order chi connectivity index (χ1) is 18.7. The molecule has 1 amide bonds. The van der Waals surface area contributed by atoms with Crippen LogP contribution in [0.5, 0.6) is 5.75 Å². The highest BCUT2D eigenvalue weighted by Crippen LogP contribution is 2.35. The second-order valence-corrected chi connectivity index (χ2v) is 11.8. The number of benzene rings is 2. The Hall–Kier alpha value is -3.60. The number of rotatable bonds is 7. The number of nitrogens with zero attached hydrogens (tertiary/aromatic N) is 2. The van der Waals surface area contributed by atoms with Gasteiger partial charge in [0.15, 0.2) is 0 Å². The van der Waals surface area contributed by atoms with Gasteiger partial charge >= 0.3 is 18.2 Å². The van der Waals surface area contributed by atoms with E-state index in [0.717, 1.165) is 33.7 Å². The molecule has 1 aromatic heterocycles. The zero-order valence-electron chi connectivity index (χ0n) is 22.7. The molecule has 0 saturated carbocycles. The molecule has 0 spiro atoms. The Kier molecular flexibility index (Phi) is 8.44. The van der Waals surface area contributed by atoms with E-state index in [2.05, 4.69) is 4.98 Å². The molecular formula is C29H31F3N2O5S. The lowest BCUT2D eigenvalue weighted by atomic mass is 9.92. The second-order valence-electron chi connectivity index (χ2n) is 10.6. The van der Waals surface area contributed by atoms with Gasteiger partial charge in [-0.3, -0.25) is 4.79 Å². The minimum atomic E-state index is -4.40. The number of alkyl halides is 3. The molecule has 1 aliphatic heterocycles. The molecule has 40 heavy (non-hydrogen) atoms. The second kappa shape index (κ2) is 11.5. The van der Waals surface area contributed by atoms with E-state index in [9.17, 15) is 27.9 Å². The van der Waals surface area contributed by atoms with E-state index in [1.54, 1.807) is 25.7 Å². The van der Waals surface area contributed by atoms with E-state index in [-0.39, 0.29) is 19.6 Å². The van der Waals surface area contributed by atoms with Crippen molar-refractivity contribution in [2.75, 3.05) is 6.54 Å². The van der Waals surface area contributed by atoms with Crippen LogP contribution < -0.4 is 4.74 Å². The minimum absolute atomic E-state index is 0.0379. The van der Waals surface area contributed by atoms with Gasteiger partial charge < -0.3 is 19.5 Å². The van der Waals surface area contributed by atoms with Gasteiger partial charge in [-0.25, -0.2) is 9.78 Å². The molecule has 214 valence electrons. The molecule has 0 aliphatic carbocycles. The van der Waals surface area contributed by atoms with Gasteiger partial charge in [-0.1, -0.05) is 18.2 Å². The summed E-state index contributed by atoms with van der Waals surface area (Å²) in [6, 6.07) is 8.56. The Morgan fingerprint density at radius 2 is 1.77 bits per heavy atom. The van der Waals surface area contributed by atoms with Crippen molar-refractivity contribution in [3.8, 4) is 16.3 Å². The van der Waals surface area contributed by atoms with Gasteiger partial charge in [-0.15, -0.1) is 11.3 Å². The van der Waals surface area contributed by atoms with Crippen LogP contribution in [-0.2, 0) is 41.7 Å². The first-order valence-corrected chi connectivity index (χ1v) is 13.6. The molecule has 0 saturated heterocycles. The summed E-state index contributed by atoms with van der Waals surface area (Å²) in [6.45, 7) is 8.15. The minimum Gasteiger partial charge on any atom is -0.487 e. The number of hydrogen-bond acceptors (Lipinski definition) is 6. The molecule has 0 unspecified atom stereocenters. The number of hydrogen-bond donors (Lipinski definition) is 1. The van der Waals surface area contributed by atoms with Crippen LogP contribution in [0, 0.1) is 6.92 Å². The van der Waals surface area contributed by atoms with Crippen molar-refractivity contribution in [2.24, 2.45) is 0 Å². The fourth-order valence-electron chi connectivity index (χ4n) is 4.43. The zero-order valence-corrected chi connectivity index (χ0v) is 23.5. The summed E-state index contributed by atoms with van der Waals surface area (Å²) >= 11 is 1.38. The molecule has 11 heteroatoms. The van der Waals surface area contributed by atoms with E-state index in [1.165, 1.54) is 23.5 Å². The maximum Gasteiger partial charge on any atom is 0.416 e. The van der Waals surface area contributed by atoms with Crippen molar-refractivity contribution in [1.82, 2.24) is 9.88 Å². The molecule has 7 nitrogen and oxygen atoms in total. The third-order valence-electron chi connectivity index (χ3n) is 6.44. The summed E-state index contributed by atoms with van der Waals surface area (Å²) in [5.74, 6) is -0.280. The molecule has 1 aliphatic rings. The van der Waals surface area contributed by atoms with Crippen molar-refractivity contribution in [3.63, 3.8) is 0 Å². The molecular weight excluding hydrogens is 545 g/mol. The number of fused-ring (bicyclic) bond motifs is 1. The predicted molar refractivity (Wildman–Crippen MR) is 144 cm³/mol. The maximum absolute atomic E-state index is 12.9. The summed E-state index contributed by atoms with van der Waals surface area (Å²) in [5, 5.41) is 9.81. The van der Waals surface area contributed by atoms with Crippen molar-refractivity contribution in [3.05, 3.63) is 69.2 Å². The fraction of sp³-hybridized carbons (Fsp3) is 0.414. The highest BCUT2D eigenvalue weighted by atomic mass is 32.1. The quantitative estimate of drug-likeness (QED) is 0.325. The van der Waals surface area contributed by atoms with Crippen LogP contribution in [0.25, 0.3) is 10.6 Å². The first kappa shape index (κ1) is 29.4. The highest BCUT2D eigenvalue weighted by Gasteiger charge is 2.31. The van der Waals surface area contributed by atoms with Crippen LogP contribution in [-0.4, -0.2) is 39.2 Å². The van der Waals surface area contributed by atoms with Gasteiger partial charge in [0.25, 0.3) is 0 Å². The van der Waals surface area contributed by atoms with E-state index in [4.69, 9.17) is 9.47 Å². The van der Waals surface area contributed by atoms with Gasteiger partial charge in [0.05, 0.1) is 11.3 Å². The third-order valence-corrected chi connectivity index (χ3v) is 7.50. The maximum atomic E-state index is 12.9. The predicted octanol–water partition coefficient (Wildman–Crippen LogP) is 7.03. The van der Waals surface area contributed by atoms with Gasteiger partial charge in [-0.05, 0) is 69.9 Å². The summed E-state index contributed by atoms with van der Waals surface area (Å²) in [6.07, 6.45) is -4.03. The van der Waals surface area contributed by atoms with Crippen molar-refractivity contribution < 1.29 is 37.3 Å².